The summed E-state index contributed by atoms with van der Waals surface area (Å²) < 4.78 is 1.96. The number of carbonyl (C=O) groups is 1. The summed E-state index contributed by atoms with van der Waals surface area (Å²) >= 11 is 1.30. The molecule has 0 saturated heterocycles. The van der Waals surface area contributed by atoms with Crippen LogP contribution in [0.5, 0.6) is 0 Å². The minimum Gasteiger partial charge on any atom is -0.340 e. The Kier molecular flexibility index (Phi) is 8.02. The smallest absolute Gasteiger partial charge is 0.233 e. The van der Waals surface area contributed by atoms with Crippen LogP contribution >= 0.6 is 11.8 Å². The van der Waals surface area contributed by atoms with E-state index in [9.17, 15) is 4.79 Å². The quantitative estimate of drug-likeness (QED) is 0.456. The van der Waals surface area contributed by atoms with E-state index in [4.69, 9.17) is 10.5 Å². The largest absolute Gasteiger partial charge is 0.340 e. The Morgan fingerprint density at radius 3 is 2.06 bits per heavy atom. The fourth-order valence-electron chi connectivity index (χ4n) is 3.13. The van der Waals surface area contributed by atoms with Crippen LogP contribution in [-0.2, 0) is 4.79 Å². The SMILES string of the molecule is Cc1ccc(-c2nnc(SCC(=O)N(CCC#N)CCC#N)n2-c2ccc(C)cc2)cc1. The molecule has 3 aromatic rings. The maximum atomic E-state index is 12.8. The number of aromatic nitrogens is 3. The fourth-order valence-corrected chi connectivity index (χ4v) is 3.98. The van der Waals surface area contributed by atoms with Crippen LogP contribution in [-0.4, -0.2) is 44.4 Å². The maximum absolute atomic E-state index is 12.8. The summed E-state index contributed by atoms with van der Waals surface area (Å²) in [5.41, 5.74) is 4.15. The molecular weight excluding hydrogens is 420 g/mol. The highest BCUT2D eigenvalue weighted by atomic mass is 32.2. The summed E-state index contributed by atoms with van der Waals surface area (Å²) in [6.07, 6.45) is 0.470. The van der Waals surface area contributed by atoms with E-state index in [0.717, 1.165) is 22.4 Å². The Balaban J connectivity index is 1.88. The molecule has 0 unspecified atom stereocenters. The normalized spacial score (nSPS) is 10.4. The van der Waals surface area contributed by atoms with Crippen LogP contribution in [0.15, 0.2) is 53.7 Å². The number of carbonyl (C=O) groups excluding carboxylic acids is 1. The molecule has 0 aliphatic carbocycles. The first kappa shape index (κ1) is 23.1. The van der Waals surface area contributed by atoms with Gasteiger partial charge in [0.2, 0.25) is 5.91 Å². The zero-order chi connectivity index (χ0) is 22.9. The predicted octanol–water partition coefficient (Wildman–Crippen LogP) is 4.30. The van der Waals surface area contributed by atoms with E-state index in [0.29, 0.717) is 24.1 Å². The molecule has 0 radical (unpaired) electrons. The average Bonchev–Trinajstić information content (AvgIpc) is 3.22. The maximum Gasteiger partial charge on any atom is 0.233 e. The van der Waals surface area contributed by atoms with Crippen molar-refractivity contribution < 1.29 is 4.79 Å². The fraction of sp³-hybridized carbons (Fsp3) is 0.292. The summed E-state index contributed by atoms with van der Waals surface area (Å²) in [6.45, 7) is 4.70. The monoisotopic (exact) mass is 444 g/mol. The Morgan fingerprint density at radius 1 is 0.938 bits per heavy atom. The second-order valence-electron chi connectivity index (χ2n) is 7.33. The van der Waals surface area contributed by atoms with E-state index in [1.165, 1.54) is 11.8 Å². The summed E-state index contributed by atoms with van der Waals surface area (Å²) in [5, 5.41) is 27.1. The third-order valence-corrected chi connectivity index (χ3v) is 5.81. The van der Waals surface area contributed by atoms with Gasteiger partial charge >= 0.3 is 0 Å². The Morgan fingerprint density at radius 2 is 1.50 bits per heavy atom. The van der Waals surface area contributed by atoms with Crippen molar-refractivity contribution in [1.29, 1.82) is 10.5 Å². The number of thioether (sulfide) groups is 1. The number of amides is 1. The number of nitrogens with zero attached hydrogens (tertiary/aromatic N) is 6. The highest BCUT2D eigenvalue weighted by Gasteiger charge is 2.19. The number of nitriles is 2. The molecule has 3 rings (SSSR count). The van der Waals surface area contributed by atoms with Crippen molar-refractivity contribution in [2.45, 2.75) is 31.8 Å². The molecule has 8 heteroatoms. The van der Waals surface area contributed by atoms with Gasteiger partial charge in [0.15, 0.2) is 11.0 Å². The van der Waals surface area contributed by atoms with Crippen molar-refractivity contribution >= 4 is 17.7 Å². The van der Waals surface area contributed by atoms with E-state index >= 15 is 0 Å². The molecule has 1 aromatic heterocycles. The molecule has 0 spiro atoms. The van der Waals surface area contributed by atoms with Crippen LogP contribution in [0, 0.1) is 36.5 Å². The molecule has 7 nitrogen and oxygen atoms in total. The number of rotatable bonds is 9. The molecule has 32 heavy (non-hydrogen) atoms. The van der Waals surface area contributed by atoms with Crippen LogP contribution < -0.4 is 0 Å². The van der Waals surface area contributed by atoms with Crippen molar-refractivity contribution in [1.82, 2.24) is 19.7 Å². The van der Waals surface area contributed by atoms with Crippen LogP contribution in [0.2, 0.25) is 0 Å². The first-order chi connectivity index (χ1) is 15.5. The highest BCUT2D eigenvalue weighted by molar-refractivity contribution is 7.99. The number of hydrogen-bond acceptors (Lipinski definition) is 6. The van der Waals surface area contributed by atoms with Crippen molar-refractivity contribution in [3.05, 3.63) is 59.7 Å². The summed E-state index contributed by atoms with van der Waals surface area (Å²) in [7, 11) is 0. The number of aryl methyl sites for hydroxylation is 2. The van der Waals surface area contributed by atoms with Crippen LogP contribution in [0.3, 0.4) is 0 Å². The van der Waals surface area contributed by atoms with Crippen LogP contribution in [0.25, 0.3) is 17.1 Å². The zero-order valence-corrected chi connectivity index (χ0v) is 19.0. The molecule has 0 N–H and O–H groups in total. The molecule has 2 aromatic carbocycles. The van der Waals surface area contributed by atoms with Gasteiger partial charge in [-0.2, -0.15) is 10.5 Å². The van der Waals surface area contributed by atoms with E-state index < -0.39 is 0 Å². The number of hydrogen-bond donors (Lipinski definition) is 0. The lowest BCUT2D eigenvalue weighted by Gasteiger charge is -2.20. The molecule has 0 fully saturated rings. The molecule has 1 amide bonds. The first-order valence-corrected chi connectivity index (χ1v) is 11.3. The van der Waals surface area contributed by atoms with Gasteiger partial charge in [-0.05, 0) is 26.0 Å². The van der Waals surface area contributed by atoms with Gasteiger partial charge in [0.25, 0.3) is 0 Å². The van der Waals surface area contributed by atoms with Crippen molar-refractivity contribution in [2.24, 2.45) is 0 Å². The molecule has 162 valence electrons. The van der Waals surface area contributed by atoms with Crippen LogP contribution in [0.1, 0.15) is 24.0 Å². The van der Waals surface area contributed by atoms with Crippen molar-refractivity contribution in [3.8, 4) is 29.2 Å². The van der Waals surface area contributed by atoms with Gasteiger partial charge in [0, 0.05) is 24.3 Å². The topological polar surface area (TPSA) is 98.6 Å². The van der Waals surface area contributed by atoms with E-state index in [-0.39, 0.29) is 24.5 Å². The Labute approximate surface area is 192 Å². The lowest BCUT2D eigenvalue weighted by molar-refractivity contribution is -0.128. The number of benzene rings is 2. The molecular formula is C24H24N6OS. The van der Waals surface area contributed by atoms with Crippen molar-refractivity contribution in [2.75, 3.05) is 18.8 Å². The molecule has 1 heterocycles. The Bertz CT molecular complexity index is 1120. The highest BCUT2D eigenvalue weighted by Crippen LogP contribution is 2.28. The second-order valence-corrected chi connectivity index (χ2v) is 8.27. The lowest BCUT2D eigenvalue weighted by atomic mass is 10.1. The van der Waals surface area contributed by atoms with Gasteiger partial charge in [0.1, 0.15) is 0 Å². The lowest BCUT2D eigenvalue weighted by Crippen LogP contribution is -2.34. The van der Waals surface area contributed by atoms with E-state index in [2.05, 4.69) is 22.3 Å². The third-order valence-electron chi connectivity index (χ3n) is 4.90. The standard InChI is InChI=1S/C24H24N6OS/c1-18-5-9-20(10-6-18)23-27-28-24(30(23)21-11-7-19(2)8-12-21)32-17-22(31)29(15-3-13-25)16-4-14-26/h5-12H,3-4,15-17H2,1-2H3. The molecule has 0 aliphatic heterocycles. The Hall–Kier alpha value is -3.62. The summed E-state index contributed by atoms with van der Waals surface area (Å²) in [6, 6.07) is 20.3. The first-order valence-electron chi connectivity index (χ1n) is 10.3. The predicted molar refractivity (Wildman–Crippen MR) is 124 cm³/mol. The van der Waals surface area contributed by atoms with Gasteiger partial charge in [-0.1, -0.05) is 59.3 Å². The minimum absolute atomic E-state index is 0.129. The van der Waals surface area contributed by atoms with Gasteiger partial charge in [-0.15, -0.1) is 10.2 Å². The van der Waals surface area contributed by atoms with Gasteiger partial charge in [-0.3, -0.25) is 9.36 Å². The van der Waals surface area contributed by atoms with E-state index in [1.54, 1.807) is 4.90 Å². The van der Waals surface area contributed by atoms with Crippen LogP contribution in [0.4, 0.5) is 0 Å². The summed E-state index contributed by atoms with van der Waals surface area (Å²) in [4.78, 5) is 14.3. The zero-order valence-electron chi connectivity index (χ0n) is 18.2. The third kappa shape index (κ3) is 5.75. The molecule has 0 aliphatic rings. The van der Waals surface area contributed by atoms with Gasteiger partial charge in [-0.25, -0.2) is 0 Å². The van der Waals surface area contributed by atoms with Gasteiger partial charge < -0.3 is 4.90 Å². The van der Waals surface area contributed by atoms with E-state index in [1.807, 2.05) is 66.9 Å². The van der Waals surface area contributed by atoms with Gasteiger partial charge in [0.05, 0.1) is 30.7 Å². The second kappa shape index (κ2) is 11.1. The molecule has 0 bridgehead atoms. The molecule has 0 saturated carbocycles. The average molecular weight is 445 g/mol. The molecule has 0 atom stereocenters. The summed E-state index contributed by atoms with van der Waals surface area (Å²) in [5.74, 6) is 0.722. The minimum atomic E-state index is -0.129. The van der Waals surface area contributed by atoms with Crippen molar-refractivity contribution in [3.63, 3.8) is 0 Å².